The molecule has 0 aliphatic carbocycles. The average molecular weight is 307 g/mol. The topological polar surface area (TPSA) is 85.1 Å². The summed E-state index contributed by atoms with van der Waals surface area (Å²) < 4.78 is 5.42. The predicted octanol–water partition coefficient (Wildman–Crippen LogP) is 3.19. The van der Waals surface area contributed by atoms with Crippen LogP contribution in [0.25, 0.3) is 11.5 Å². The third-order valence-corrected chi connectivity index (χ3v) is 3.22. The number of nitrogens with zero attached hydrogens (tertiary/aromatic N) is 2. The molecule has 114 valence electrons. The van der Waals surface area contributed by atoms with Crippen molar-refractivity contribution in [2.75, 3.05) is 5.32 Å². The second-order valence-electron chi connectivity index (χ2n) is 4.87. The van der Waals surface area contributed by atoms with Crippen molar-refractivity contribution < 1.29 is 14.0 Å². The molecule has 3 aromatic rings. The van der Waals surface area contributed by atoms with Gasteiger partial charge in [-0.15, -0.1) is 5.10 Å². The first-order chi connectivity index (χ1) is 11.1. The number of hydrogen-bond acceptors (Lipinski definition) is 5. The van der Waals surface area contributed by atoms with E-state index in [1.165, 1.54) is 6.92 Å². The van der Waals surface area contributed by atoms with E-state index in [0.29, 0.717) is 17.0 Å². The first-order valence-electron chi connectivity index (χ1n) is 6.95. The highest BCUT2D eigenvalue weighted by atomic mass is 16.4. The fourth-order valence-corrected chi connectivity index (χ4v) is 2.00. The molecule has 0 bridgehead atoms. The summed E-state index contributed by atoms with van der Waals surface area (Å²) in [6.07, 6.45) is 0. The highest BCUT2D eigenvalue weighted by Crippen LogP contribution is 2.19. The number of ketones is 1. The first kappa shape index (κ1) is 14.6. The van der Waals surface area contributed by atoms with Crippen molar-refractivity contribution in [2.24, 2.45) is 0 Å². The van der Waals surface area contributed by atoms with Gasteiger partial charge in [-0.25, -0.2) is 0 Å². The van der Waals surface area contributed by atoms with Gasteiger partial charge in [-0.05, 0) is 31.2 Å². The minimum atomic E-state index is -0.386. The van der Waals surface area contributed by atoms with E-state index < -0.39 is 0 Å². The van der Waals surface area contributed by atoms with Crippen LogP contribution in [0.3, 0.4) is 0 Å². The fraction of sp³-hybridized carbons (Fsp3) is 0.0588. The average Bonchev–Trinajstić information content (AvgIpc) is 3.04. The molecule has 0 atom stereocenters. The van der Waals surface area contributed by atoms with Crippen molar-refractivity contribution in [3.05, 3.63) is 65.7 Å². The first-order valence-corrected chi connectivity index (χ1v) is 6.95. The Balaban J connectivity index is 1.73. The predicted molar refractivity (Wildman–Crippen MR) is 84.1 cm³/mol. The monoisotopic (exact) mass is 307 g/mol. The minimum Gasteiger partial charge on any atom is -0.403 e. The lowest BCUT2D eigenvalue weighted by molar-refractivity contribution is 0.100. The van der Waals surface area contributed by atoms with E-state index >= 15 is 0 Å². The van der Waals surface area contributed by atoms with Crippen molar-refractivity contribution >= 4 is 17.7 Å². The number of hydrogen-bond donors (Lipinski definition) is 1. The Morgan fingerprint density at radius 3 is 2.22 bits per heavy atom. The Kier molecular flexibility index (Phi) is 3.97. The number of carbonyl (C=O) groups is 2. The Morgan fingerprint density at radius 2 is 1.57 bits per heavy atom. The molecule has 0 spiro atoms. The molecule has 6 nitrogen and oxygen atoms in total. The van der Waals surface area contributed by atoms with Gasteiger partial charge in [0.15, 0.2) is 5.78 Å². The Bertz CT molecular complexity index is 839. The van der Waals surface area contributed by atoms with E-state index in [2.05, 4.69) is 15.5 Å². The van der Waals surface area contributed by atoms with Crippen LogP contribution in [-0.4, -0.2) is 21.9 Å². The quantitative estimate of drug-likeness (QED) is 0.748. The van der Waals surface area contributed by atoms with Gasteiger partial charge in [0.05, 0.1) is 0 Å². The summed E-state index contributed by atoms with van der Waals surface area (Å²) in [5, 5.41) is 10.2. The summed E-state index contributed by atoms with van der Waals surface area (Å²) in [5.74, 6) is -0.113. The second-order valence-corrected chi connectivity index (χ2v) is 4.87. The molecule has 1 heterocycles. The third-order valence-electron chi connectivity index (χ3n) is 3.22. The zero-order chi connectivity index (χ0) is 16.2. The smallest absolute Gasteiger partial charge is 0.322 e. The van der Waals surface area contributed by atoms with Gasteiger partial charge >= 0.3 is 6.01 Å². The lowest BCUT2D eigenvalue weighted by Gasteiger charge is -2.01. The molecular formula is C17H13N3O3. The molecule has 1 aromatic heterocycles. The summed E-state index contributed by atoms with van der Waals surface area (Å²) in [6.45, 7) is 1.47. The molecule has 23 heavy (non-hydrogen) atoms. The maximum atomic E-state index is 12.1. The molecule has 1 amide bonds. The van der Waals surface area contributed by atoms with Crippen LogP contribution in [0.4, 0.5) is 6.01 Å². The van der Waals surface area contributed by atoms with E-state index in [0.717, 1.165) is 5.56 Å². The molecule has 0 fully saturated rings. The Hall–Kier alpha value is -3.28. The zero-order valence-corrected chi connectivity index (χ0v) is 12.3. The van der Waals surface area contributed by atoms with Gasteiger partial charge in [0, 0.05) is 16.7 Å². The van der Waals surface area contributed by atoms with Crippen molar-refractivity contribution in [2.45, 2.75) is 6.92 Å². The van der Waals surface area contributed by atoms with Gasteiger partial charge < -0.3 is 4.42 Å². The van der Waals surface area contributed by atoms with Crippen molar-refractivity contribution in [3.8, 4) is 11.5 Å². The summed E-state index contributed by atoms with van der Waals surface area (Å²) in [6, 6.07) is 15.6. The Labute approximate surface area is 132 Å². The van der Waals surface area contributed by atoms with Crippen molar-refractivity contribution in [1.29, 1.82) is 0 Å². The van der Waals surface area contributed by atoms with Gasteiger partial charge in [0.25, 0.3) is 5.91 Å². The molecule has 2 aromatic carbocycles. The van der Waals surface area contributed by atoms with Crippen LogP contribution in [0.5, 0.6) is 0 Å². The molecule has 0 aliphatic heterocycles. The zero-order valence-electron chi connectivity index (χ0n) is 12.3. The van der Waals surface area contributed by atoms with Crippen LogP contribution in [0.2, 0.25) is 0 Å². The molecule has 0 aliphatic rings. The molecule has 0 saturated heterocycles. The fourth-order valence-electron chi connectivity index (χ4n) is 2.00. The van der Waals surface area contributed by atoms with Crippen LogP contribution in [0.1, 0.15) is 27.6 Å². The molecule has 3 rings (SSSR count). The standard InChI is InChI=1S/C17H13N3O3/c1-11(21)12-7-9-13(10-8-12)15(22)18-17-20-19-16(23-17)14-5-3-2-4-6-14/h2-10H,1H3,(H,18,20,22). The number of carbonyl (C=O) groups excluding carboxylic acids is 2. The second kappa shape index (κ2) is 6.23. The number of anilines is 1. The molecule has 0 saturated carbocycles. The lowest BCUT2D eigenvalue weighted by Crippen LogP contribution is -2.12. The van der Waals surface area contributed by atoms with Gasteiger partial charge in [0.1, 0.15) is 0 Å². The summed E-state index contributed by atoms with van der Waals surface area (Å²) in [7, 11) is 0. The summed E-state index contributed by atoms with van der Waals surface area (Å²) in [5.41, 5.74) is 1.71. The van der Waals surface area contributed by atoms with Gasteiger partial charge in [-0.1, -0.05) is 35.4 Å². The largest absolute Gasteiger partial charge is 0.403 e. The normalized spacial score (nSPS) is 10.3. The highest BCUT2D eigenvalue weighted by Gasteiger charge is 2.13. The van der Waals surface area contributed by atoms with Crippen LogP contribution in [-0.2, 0) is 0 Å². The summed E-state index contributed by atoms with van der Waals surface area (Å²) >= 11 is 0. The minimum absolute atomic E-state index is 0.0181. The number of benzene rings is 2. The van der Waals surface area contributed by atoms with Gasteiger partial charge in [0.2, 0.25) is 5.89 Å². The molecule has 0 radical (unpaired) electrons. The number of aromatic nitrogens is 2. The SMILES string of the molecule is CC(=O)c1ccc(C(=O)Nc2nnc(-c3ccccc3)o2)cc1. The third kappa shape index (κ3) is 3.32. The molecule has 0 unspecified atom stereocenters. The highest BCUT2D eigenvalue weighted by molar-refractivity contribution is 6.04. The maximum Gasteiger partial charge on any atom is 0.322 e. The van der Waals surface area contributed by atoms with Crippen LogP contribution in [0.15, 0.2) is 59.0 Å². The van der Waals surface area contributed by atoms with E-state index in [-0.39, 0.29) is 17.7 Å². The van der Waals surface area contributed by atoms with E-state index in [4.69, 9.17) is 4.42 Å². The van der Waals surface area contributed by atoms with Crippen LogP contribution >= 0.6 is 0 Å². The number of amides is 1. The number of nitrogens with one attached hydrogen (secondary N) is 1. The molecular weight excluding hydrogens is 294 g/mol. The van der Waals surface area contributed by atoms with Crippen LogP contribution in [0, 0.1) is 0 Å². The van der Waals surface area contributed by atoms with Crippen molar-refractivity contribution in [3.63, 3.8) is 0 Å². The van der Waals surface area contributed by atoms with E-state index in [1.54, 1.807) is 24.3 Å². The lowest BCUT2D eigenvalue weighted by atomic mass is 10.1. The van der Waals surface area contributed by atoms with Crippen molar-refractivity contribution in [1.82, 2.24) is 10.2 Å². The van der Waals surface area contributed by atoms with Crippen LogP contribution < -0.4 is 5.32 Å². The molecule has 1 N–H and O–H groups in total. The molecule has 6 heteroatoms. The summed E-state index contributed by atoms with van der Waals surface area (Å²) in [4.78, 5) is 23.3. The Morgan fingerprint density at radius 1 is 0.913 bits per heavy atom. The number of Topliss-reactive ketones (excluding diaryl/α,β-unsaturated/α-hetero) is 1. The van der Waals surface area contributed by atoms with E-state index in [1.807, 2.05) is 30.3 Å². The maximum absolute atomic E-state index is 12.1. The van der Waals surface area contributed by atoms with Gasteiger partial charge in [-0.2, -0.15) is 0 Å². The van der Waals surface area contributed by atoms with Gasteiger partial charge in [-0.3, -0.25) is 14.9 Å². The van der Waals surface area contributed by atoms with E-state index in [9.17, 15) is 9.59 Å². The number of rotatable bonds is 4.